The Morgan fingerprint density at radius 3 is 2.86 bits per heavy atom. The third kappa shape index (κ3) is 4.11. The van der Waals surface area contributed by atoms with E-state index in [0.717, 1.165) is 24.0 Å². The van der Waals surface area contributed by atoms with E-state index >= 15 is 0 Å². The normalized spacial score (nSPS) is 10.8. The molecule has 0 aliphatic carbocycles. The molecule has 5 heteroatoms. The van der Waals surface area contributed by atoms with Crippen LogP contribution < -0.4 is 10.9 Å². The van der Waals surface area contributed by atoms with Crippen molar-refractivity contribution < 1.29 is 4.79 Å². The Morgan fingerprint density at radius 1 is 1.29 bits per heavy atom. The summed E-state index contributed by atoms with van der Waals surface area (Å²) in [7, 11) is 1.72. The number of hydrogen-bond donors (Lipinski definition) is 1. The third-order valence-corrected chi connectivity index (χ3v) is 4.06. The van der Waals surface area contributed by atoms with Crippen molar-refractivity contribution in [2.24, 2.45) is 7.05 Å². The first-order valence-corrected chi connectivity index (χ1v) is 8.39. The largest absolute Gasteiger partial charge is 0.326 e. The minimum atomic E-state index is -0.0523. The van der Waals surface area contributed by atoms with Gasteiger partial charge in [-0.2, -0.15) is 11.8 Å². The van der Waals surface area contributed by atoms with Gasteiger partial charge in [0.2, 0.25) is 5.91 Å². The van der Waals surface area contributed by atoms with Crippen LogP contribution in [0.3, 0.4) is 0 Å². The zero-order valence-electron chi connectivity index (χ0n) is 12.4. The molecule has 0 unspecified atom stereocenters. The molecule has 0 atom stereocenters. The summed E-state index contributed by atoms with van der Waals surface area (Å²) in [6.45, 7) is 0. The van der Waals surface area contributed by atoms with Crippen LogP contribution in [0.25, 0.3) is 10.8 Å². The smallest absolute Gasteiger partial charge is 0.258 e. The Bertz CT molecular complexity index is 694. The molecule has 1 amide bonds. The van der Waals surface area contributed by atoms with Crippen LogP contribution in [0.5, 0.6) is 0 Å². The van der Waals surface area contributed by atoms with Crippen LogP contribution in [-0.4, -0.2) is 22.5 Å². The van der Waals surface area contributed by atoms with Crippen LogP contribution in [0.4, 0.5) is 5.69 Å². The van der Waals surface area contributed by atoms with Gasteiger partial charge >= 0.3 is 0 Å². The number of anilines is 1. The molecule has 0 bridgehead atoms. The average Bonchev–Trinajstić information content (AvgIpc) is 2.48. The van der Waals surface area contributed by atoms with E-state index in [-0.39, 0.29) is 11.5 Å². The second-order valence-corrected chi connectivity index (χ2v) is 6.02. The predicted octanol–water partition coefficient (Wildman–Crippen LogP) is 3.01. The van der Waals surface area contributed by atoms with Crippen molar-refractivity contribution in [2.45, 2.75) is 19.3 Å². The van der Waals surface area contributed by atoms with Gasteiger partial charge in [0.25, 0.3) is 5.56 Å². The number of nitrogens with zero attached hydrogens (tertiary/aromatic N) is 1. The molecule has 1 aromatic heterocycles. The number of rotatable bonds is 6. The Labute approximate surface area is 128 Å². The highest BCUT2D eigenvalue weighted by Crippen LogP contribution is 2.16. The minimum absolute atomic E-state index is 0.00297. The van der Waals surface area contributed by atoms with E-state index in [9.17, 15) is 9.59 Å². The lowest BCUT2D eigenvalue weighted by atomic mass is 10.1. The summed E-state index contributed by atoms with van der Waals surface area (Å²) in [5.41, 5.74) is 0.629. The van der Waals surface area contributed by atoms with Crippen LogP contribution in [-0.2, 0) is 11.8 Å². The summed E-state index contributed by atoms with van der Waals surface area (Å²) in [5.74, 6) is 1.09. The molecule has 0 radical (unpaired) electrons. The molecule has 0 aliphatic heterocycles. The lowest BCUT2D eigenvalue weighted by Crippen LogP contribution is -2.16. The molecule has 2 aromatic rings. The maximum atomic E-state index is 12.1. The van der Waals surface area contributed by atoms with Gasteiger partial charge in [-0.15, -0.1) is 0 Å². The highest BCUT2D eigenvalue weighted by atomic mass is 32.2. The number of hydrogen-bond acceptors (Lipinski definition) is 3. The number of pyridine rings is 1. The molecule has 1 heterocycles. The number of carbonyl (C=O) groups excluding carboxylic acids is 1. The fraction of sp³-hybridized carbons (Fsp3) is 0.375. The van der Waals surface area contributed by atoms with Crippen molar-refractivity contribution in [1.82, 2.24) is 4.57 Å². The number of nitrogens with one attached hydrogen (secondary N) is 1. The molecule has 112 valence electrons. The molecule has 21 heavy (non-hydrogen) atoms. The number of thioether (sulfide) groups is 1. The zero-order valence-corrected chi connectivity index (χ0v) is 13.2. The first-order valence-electron chi connectivity index (χ1n) is 7.00. The first kappa shape index (κ1) is 15.6. The van der Waals surface area contributed by atoms with Crippen LogP contribution in [0.2, 0.25) is 0 Å². The summed E-state index contributed by atoms with van der Waals surface area (Å²) in [4.78, 5) is 23.9. The van der Waals surface area contributed by atoms with Gasteiger partial charge in [0.05, 0.1) is 0 Å². The predicted molar refractivity (Wildman–Crippen MR) is 90.1 cm³/mol. The van der Waals surface area contributed by atoms with E-state index in [1.54, 1.807) is 31.1 Å². The summed E-state index contributed by atoms with van der Waals surface area (Å²) in [6.07, 6.45) is 6.27. The van der Waals surface area contributed by atoms with Crippen molar-refractivity contribution in [2.75, 3.05) is 17.3 Å². The summed E-state index contributed by atoms with van der Waals surface area (Å²) >= 11 is 1.79. The molecular formula is C16H20N2O2S. The van der Waals surface area contributed by atoms with Crippen molar-refractivity contribution in [3.05, 3.63) is 40.8 Å². The molecule has 0 fully saturated rings. The molecule has 2 rings (SSSR count). The molecule has 1 aromatic carbocycles. The van der Waals surface area contributed by atoms with Gasteiger partial charge in [0.1, 0.15) is 0 Å². The van der Waals surface area contributed by atoms with Gasteiger partial charge < -0.3 is 9.88 Å². The third-order valence-electron chi connectivity index (χ3n) is 3.37. The molecule has 0 saturated heterocycles. The van der Waals surface area contributed by atoms with Gasteiger partial charge in [-0.05, 0) is 48.4 Å². The minimum Gasteiger partial charge on any atom is -0.326 e. The standard InChI is InChI=1S/C16H20N2O2S/c1-18-9-8-12-6-7-13(11-14(12)16(18)20)17-15(19)5-3-4-10-21-2/h6-9,11H,3-5,10H2,1-2H3,(H,17,19). The second kappa shape index (κ2) is 7.31. The van der Waals surface area contributed by atoms with Crippen molar-refractivity contribution >= 4 is 34.1 Å². The average molecular weight is 304 g/mol. The summed E-state index contributed by atoms with van der Waals surface area (Å²) < 4.78 is 1.54. The van der Waals surface area contributed by atoms with Crippen molar-refractivity contribution in [3.63, 3.8) is 0 Å². The van der Waals surface area contributed by atoms with Gasteiger partial charge in [-0.25, -0.2) is 0 Å². The molecule has 0 spiro atoms. The van der Waals surface area contributed by atoms with Crippen molar-refractivity contribution in [3.8, 4) is 0 Å². The highest BCUT2D eigenvalue weighted by Gasteiger charge is 2.05. The Kier molecular flexibility index (Phi) is 5.44. The Balaban J connectivity index is 2.07. The SMILES string of the molecule is CSCCCCC(=O)Nc1ccc2ccn(C)c(=O)c2c1. The van der Waals surface area contributed by atoms with E-state index in [1.807, 2.05) is 18.2 Å². The van der Waals surface area contributed by atoms with E-state index < -0.39 is 0 Å². The maximum Gasteiger partial charge on any atom is 0.258 e. The number of fused-ring (bicyclic) bond motifs is 1. The molecule has 0 aliphatic rings. The lowest BCUT2D eigenvalue weighted by molar-refractivity contribution is -0.116. The maximum absolute atomic E-state index is 12.1. The van der Waals surface area contributed by atoms with E-state index in [0.29, 0.717) is 17.5 Å². The highest BCUT2D eigenvalue weighted by molar-refractivity contribution is 7.98. The molecule has 1 N–H and O–H groups in total. The number of aromatic nitrogens is 1. The monoisotopic (exact) mass is 304 g/mol. The topological polar surface area (TPSA) is 51.1 Å². The fourth-order valence-electron chi connectivity index (χ4n) is 2.17. The van der Waals surface area contributed by atoms with Gasteiger partial charge in [-0.3, -0.25) is 9.59 Å². The van der Waals surface area contributed by atoms with Crippen LogP contribution in [0.1, 0.15) is 19.3 Å². The number of aryl methyl sites for hydroxylation is 1. The van der Waals surface area contributed by atoms with Crippen molar-refractivity contribution in [1.29, 1.82) is 0 Å². The molecular weight excluding hydrogens is 284 g/mol. The molecule has 4 nitrogen and oxygen atoms in total. The summed E-state index contributed by atoms with van der Waals surface area (Å²) in [5, 5.41) is 4.37. The van der Waals surface area contributed by atoms with Gasteiger partial charge in [-0.1, -0.05) is 6.07 Å². The zero-order chi connectivity index (χ0) is 15.2. The first-order chi connectivity index (χ1) is 10.1. The quantitative estimate of drug-likeness (QED) is 0.835. The lowest BCUT2D eigenvalue weighted by Gasteiger charge is -2.07. The summed E-state index contributed by atoms with van der Waals surface area (Å²) in [6, 6.07) is 7.34. The van der Waals surface area contributed by atoms with Crippen LogP contribution in [0, 0.1) is 0 Å². The molecule has 0 saturated carbocycles. The number of carbonyl (C=O) groups is 1. The van der Waals surface area contributed by atoms with Crippen LogP contribution >= 0.6 is 11.8 Å². The fourth-order valence-corrected chi connectivity index (χ4v) is 2.66. The second-order valence-electron chi connectivity index (χ2n) is 5.03. The Morgan fingerprint density at radius 2 is 2.10 bits per heavy atom. The number of amides is 1. The van der Waals surface area contributed by atoms with Gasteiger partial charge in [0.15, 0.2) is 0 Å². The number of unbranched alkanes of at least 4 members (excludes halogenated alkanes) is 1. The van der Waals surface area contributed by atoms with Gasteiger partial charge in [0, 0.05) is 30.7 Å². The van der Waals surface area contributed by atoms with E-state index in [2.05, 4.69) is 11.6 Å². The van der Waals surface area contributed by atoms with E-state index in [1.165, 1.54) is 4.57 Å². The van der Waals surface area contributed by atoms with Crippen LogP contribution in [0.15, 0.2) is 35.3 Å². The van der Waals surface area contributed by atoms with E-state index in [4.69, 9.17) is 0 Å². The Hall–Kier alpha value is -1.75. The number of benzene rings is 1.